The van der Waals surface area contributed by atoms with Gasteiger partial charge in [0.1, 0.15) is 6.26 Å². The van der Waals surface area contributed by atoms with Crippen molar-refractivity contribution >= 4 is 33.2 Å². The van der Waals surface area contributed by atoms with E-state index in [1.807, 2.05) is 12.1 Å². The summed E-state index contributed by atoms with van der Waals surface area (Å²) < 4.78 is 34.2. The van der Waals surface area contributed by atoms with Crippen LogP contribution in [0, 0.1) is 5.92 Å². The highest BCUT2D eigenvalue weighted by Gasteiger charge is 2.29. The molecule has 1 saturated heterocycles. The molecule has 0 amide bonds. The van der Waals surface area contributed by atoms with Crippen LogP contribution in [0.2, 0.25) is 5.02 Å². The first kappa shape index (κ1) is 18.5. The molecule has 2 aromatic heterocycles. The molecular formula is C17H16ClN3O4S2. The maximum absolute atomic E-state index is 11.5. The Labute approximate surface area is 165 Å². The van der Waals surface area contributed by atoms with Crippen LogP contribution in [0.15, 0.2) is 44.6 Å². The molecule has 0 saturated carbocycles. The van der Waals surface area contributed by atoms with Crippen molar-refractivity contribution in [1.82, 2.24) is 15.2 Å². The van der Waals surface area contributed by atoms with Crippen molar-refractivity contribution < 1.29 is 17.3 Å². The molecule has 10 heteroatoms. The van der Waals surface area contributed by atoms with Crippen molar-refractivity contribution in [2.45, 2.75) is 23.8 Å². The summed E-state index contributed by atoms with van der Waals surface area (Å²) in [5.74, 6) is 2.03. The van der Waals surface area contributed by atoms with Crippen LogP contribution in [-0.2, 0) is 22.0 Å². The van der Waals surface area contributed by atoms with Gasteiger partial charge in [-0.3, -0.25) is 0 Å². The molecule has 3 aromatic rings. The van der Waals surface area contributed by atoms with Crippen molar-refractivity contribution in [1.29, 1.82) is 0 Å². The molecule has 0 aliphatic carbocycles. The highest BCUT2D eigenvalue weighted by molar-refractivity contribution is 7.98. The quantitative estimate of drug-likeness (QED) is 0.552. The number of rotatable bonds is 6. The van der Waals surface area contributed by atoms with Gasteiger partial charge in [-0.1, -0.05) is 23.4 Å². The fourth-order valence-corrected chi connectivity index (χ4v) is 5.54. The minimum atomic E-state index is -2.90. The van der Waals surface area contributed by atoms with Gasteiger partial charge in [0, 0.05) is 22.8 Å². The summed E-state index contributed by atoms with van der Waals surface area (Å²) in [6, 6.07) is 7.26. The molecule has 7 nitrogen and oxygen atoms in total. The van der Waals surface area contributed by atoms with Gasteiger partial charge >= 0.3 is 0 Å². The van der Waals surface area contributed by atoms with E-state index in [1.165, 1.54) is 11.8 Å². The molecule has 1 aliphatic heterocycles. The number of hydrogen-bond acceptors (Lipinski definition) is 8. The number of benzene rings is 1. The summed E-state index contributed by atoms with van der Waals surface area (Å²) in [6.45, 7) is 0. The molecule has 1 aromatic carbocycles. The second-order valence-corrected chi connectivity index (χ2v) is 9.97. The minimum absolute atomic E-state index is 0.0609. The van der Waals surface area contributed by atoms with Gasteiger partial charge < -0.3 is 8.83 Å². The molecule has 1 atom stereocenters. The molecule has 1 unspecified atom stereocenters. The second-order valence-electron chi connectivity index (χ2n) is 6.37. The third-order valence-corrected chi connectivity index (χ3v) is 7.17. The number of nitrogens with zero attached hydrogens (tertiary/aromatic N) is 3. The lowest BCUT2D eigenvalue weighted by Gasteiger charge is -2.01. The molecule has 0 N–H and O–H groups in total. The maximum atomic E-state index is 11.5. The highest BCUT2D eigenvalue weighted by atomic mass is 35.5. The summed E-state index contributed by atoms with van der Waals surface area (Å²) in [5.41, 5.74) is 1.61. The topological polar surface area (TPSA) is 99.1 Å². The van der Waals surface area contributed by atoms with Gasteiger partial charge in [-0.15, -0.1) is 10.2 Å². The van der Waals surface area contributed by atoms with Crippen LogP contribution >= 0.6 is 23.4 Å². The van der Waals surface area contributed by atoms with E-state index < -0.39 is 9.84 Å². The van der Waals surface area contributed by atoms with Crippen LogP contribution in [0.3, 0.4) is 0 Å². The average molecular weight is 426 g/mol. The zero-order chi connectivity index (χ0) is 18.9. The van der Waals surface area contributed by atoms with Crippen molar-refractivity contribution in [2.24, 2.45) is 5.92 Å². The summed E-state index contributed by atoms with van der Waals surface area (Å²) in [5, 5.41) is 9.11. The summed E-state index contributed by atoms with van der Waals surface area (Å²) >= 11 is 7.24. The molecule has 4 rings (SSSR count). The second kappa shape index (κ2) is 7.65. The van der Waals surface area contributed by atoms with E-state index in [1.54, 1.807) is 18.4 Å². The van der Waals surface area contributed by atoms with E-state index in [0.29, 0.717) is 40.6 Å². The molecule has 142 valence electrons. The fourth-order valence-electron chi connectivity index (χ4n) is 2.89. The zero-order valence-electron chi connectivity index (χ0n) is 14.2. The molecule has 3 heterocycles. The van der Waals surface area contributed by atoms with Crippen molar-refractivity contribution in [3.8, 4) is 11.5 Å². The lowest BCUT2D eigenvalue weighted by Crippen LogP contribution is -2.07. The Hall–Kier alpha value is -1.84. The van der Waals surface area contributed by atoms with E-state index >= 15 is 0 Å². The Balaban J connectivity index is 1.33. The fraction of sp³-hybridized carbons (Fsp3) is 0.353. The van der Waals surface area contributed by atoms with Gasteiger partial charge in [0.2, 0.25) is 11.8 Å². The molecule has 0 radical (unpaired) electrons. The summed E-state index contributed by atoms with van der Waals surface area (Å²) in [6.07, 6.45) is 2.74. The molecule has 1 aliphatic rings. The number of halogens is 1. The standard InChI is InChI=1S/C17H16ClN3O4S2/c18-13-3-1-12(2-4-13)16-19-14(8-24-16)9-26-17-21-20-15(25-17)7-11-5-6-27(22,23)10-11/h1-4,8,11H,5-7,9-10H2. The predicted octanol–water partition coefficient (Wildman–Crippen LogP) is 3.65. The van der Waals surface area contributed by atoms with Crippen LogP contribution in [0.1, 0.15) is 18.0 Å². The first-order chi connectivity index (χ1) is 13.0. The third-order valence-electron chi connectivity index (χ3n) is 4.22. The van der Waals surface area contributed by atoms with E-state index in [-0.39, 0.29) is 17.4 Å². The molecular weight excluding hydrogens is 410 g/mol. The van der Waals surface area contributed by atoms with Crippen molar-refractivity contribution in [3.63, 3.8) is 0 Å². The number of aromatic nitrogens is 3. The first-order valence-electron chi connectivity index (χ1n) is 8.33. The highest BCUT2D eigenvalue weighted by Crippen LogP contribution is 2.27. The normalized spacial score (nSPS) is 18.8. The van der Waals surface area contributed by atoms with Gasteiger partial charge in [0.05, 0.1) is 17.2 Å². The number of oxazole rings is 1. The Morgan fingerprint density at radius 1 is 1.22 bits per heavy atom. The zero-order valence-corrected chi connectivity index (χ0v) is 16.6. The smallest absolute Gasteiger partial charge is 0.276 e. The lowest BCUT2D eigenvalue weighted by molar-refractivity contribution is 0.389. The SMILES string of the molecule is O=S1(=O)CCC(Cc2nnc(SCc3coc(-c4ccc(Cl)cc4)n3)o2)C1. The first-order valence-corrected chi connectivity index (χ1v) is 11.5. The molecule has 0 spiro atoms. The lowest BCUT2D eigenvalue weighted by atomic mass is 10.1. The Morgan fingerprint density at radius 3 is 2.78 bits per heavy atom. The van der Waals surface area contributed by atoms with Gasteiger partial charge in [-0.25, -0.2) is 13.4 Å². The molecule has 1 fully saturated rings. The summed E-state index contributed by atoms with van der Waals surface area (Å²) in [4.78, 5) is 4.44. The van der Waals surface area contributed by atoms with E-state index in [4.69, 9.17) is 20.4 Å². The third kappa shape index (κ3) is 4.72. The maximum Gasteiger partial charge on any atom is 0.276 e. The van der Waals surface area contributed by atoms with Crippen LogP contribution in [0.5, 0.6) is 0 Å². The van der Waals surface area contributed by atoms with Crippen LogP contribution in [-0.4, -0.2) is 35.1 Å². The van der Waals surface area contributed by atoms with E-state index in [9.17, 15) is 8.42 Å². The van der Waals surface area contributed by atoms with Gasteiger partial charge in [-0.05, 0) is 36.6 Å². The average Bonchev–Trinajstić information content (AvgIpc) is 3.34. The van der Waals surface area contributed by atoms with Crippen molar-refractivity contribution in [3.05, 3.63) is 47.1 Å². The predicted molar refractivity (Wildman–Crippen MR) is 101 cm³/mol. The largest absolute Gasteiger partial charge is 0.444 e. The van der Waals surface area contributed by atoms with Crippen molar-refractivity contribution in [2.75, 3.05) is 11.5 Å². The van der Waals surface area contributed by atoms with Crippen LogP contribution in [0.4, 0.5) is 0 Å². The number of hydrogen-bond donors (Lipinski definition) is 0. The Morgan fingerprint density at radius 2 is 2.04 bits per heavy atom. The Kier molecular flexibility index (Phi) is 5.25. The minimum Gasteiger partial charge on any atom is -0.444 e. The number of thioether (sulfide) groups is 1. The monoisotopic (exact) mass is 425 g/mol. The number of sulfone groups is 1. The van der Waals surface area contributed by atoms with Gasteiger partial charge in [-0.2, -0.15) is 0 Å². The van der Waals surface area contributed by atoms with E-state index in [0.717, 1.165) is 11.3 Å². The molecule has 27 heavy (non-hydrogen) atoms. The van der Waals surface area contributed by atoms with Crippen LogP contribution in [0.25, 0.3) is 11.5 Å². The van der Waals surface area contributed by atoms with Gasteiger partial charge in [0.25, 0.3) is 5.22 Å². The molecule has 0 bridgehead atoms. The van der Waals surface area contributed by atoms with Gasteiger partial charge in [0.15, 0.2) is 9.84 Å². The summed E-state index contributed by atoms with van der Waals surface area (Å²) in [7, 11) is -2.90. The van der Waals surface area contributed by atoms with Crippen LogP contribution < -0.4 is 0 Å². The Bertz CT molecular complexity index is 1030. The van der Waals surface area contributed by atoms with E-state index in [2.05, 4.69) is 15.2 Å².